The second kappa shape index (κ2) is 6.17. The summed E-state index contributed by atoms with van der Waals surface area (Å²) >= 11 is 10.0. The van der Waals surface area contributed by atoms with Gasteiger partial charge in [0.05, 0.1) is 0 Å². The lowest BCUT2D eigenvalue weighted by Gasteiger charge is -2.14. The van der Waals surface area contributed by atoms with E-state index >= 15 is 0 Å². The lowest BCUT2D eigenvalue weighted by Crippen LogP contribution is -1.97. The first-order valence-electron chi connectivity index (χ1n) is 6.71. The lowest BCUT2D eigenvalue weighted by molar-refractivity contribution is 0.627. The van der Waals surface area contributed by atoms with E-state index in [0.29, 0.717) is 0 Å². The minimum Gasteiger partial charge on any atom is -0.207 e. The zero-order chi connectivity index (χ0) is 14.8. The largest absolute Gasteiger partial charge is 0.207 e. The Bertz CT molecular complexity index is 768. The van der Waals surface area contributed by atoms with E-state index < -0.39 is 0 Å². The maximum Gasteiger partial charge on any atom is 0.123 e. The van der Waals surface area contributed by atoms with E-state index in [2.05, 4.69) is 22.0 Å². The van der Waals surface area contributed by atoms with Gasteiger partial charge in [-0.25, -0.2) is 4.39 Å². The fourth-order valence-electron chi connectivity index (χ4n) is 2.50. The summed E-state index contributed by atoms with van der Waals surface area (Å²) in [5.41, 5.74) is 2.29. The van der Waals surface area contributed by atoms with Crippen molar-refractivity contribution in [2.45, 2.75) is 11.2 Å². The first-order chi connectivity index (χ1) is 10.1. The van der Waals surface area contributed by atoms with E-state index in [1.165, 1.54) is 17.7 Å². The highest BCUT2D eigenvalue weighted by Crippen LogP contribution is 2.35. The van der Waals surface area contributed by atoms with Gasteiger partial charge in [-0.15, -0.1) is 0 Å². The van der Waals surface area contributed by atoms with Gasteiger partial charge >= 0.3 is 0 Å². The van der Waals surface area contributed by atoms with Gasteiger partial charge in [0.1, 0.15) is 5.82 Å². The molecule has 0 spiro atoms. The standard InChI is InChI=1S/C18H13BrClF/c19-17(11-12-5-7-13(21)8-6-12)15-9-10-18(20)16-4-2-1-3-14(15)16/h1-10,17H,11H2. The molecule has 3 rings (SSSR count). The number of halogens is 3. The summed E-state index contributed by atoms with van der Waals surface area (Å²) in [7, 11) is 0. The number of hydrogen-bond acceptors (Lipinski definition) is 0. The highest BCUT2D eigenvalue weighted by Gasteiger charge is 2.13. The average Bonchev–Trinajstić information content (AvgIpc) is 2.50. The summed E-state index contributed by atoms with van der Waals surface area (Å²) in [5.74, 6) is -0.207. The van der Waals surface area contributed by atoms with E-state index in [-0.39, 0.29) is 10.6 Å². The molecule has 106 valence electrons. The first-order valence-corrected chi connectivity index (χ1v) is 8.00. The predicted molar refractivity (Wildman–Crippen MR) is 90.7 cm³/mol. The molecule has 0 N–H and O–H groups in total. The molecule has 0 saturated carbocycles. The van der Waals surface area contributed by atoms with Crippen LogP contribution in [0.2, 0.25) is 5.02 Å². The van der Waals surface area contributed by atoms with Gasteiger partial charge < -0.3 is 0 Å². The van der Waals surface area contributed by atoms with Crippen molar-refractivity contribution in [1.82, 2.24) is 0 Å². The molecule has 0 bridgehead atoms. The highest BCUT2D eigenvalue weighted by molar-refractivity contribution is 9.09. The van der Waals surface area contributed by atoms with Crippen molar-refractivity contribution >= 4 is 38.3 Å². The van der Waals surface area contributed by atoms with Crippen molar-refractivity contribution in [3.8, 4) is 0 Å². The molecule has 0 radical (unpaired) electrons. The van der Waals surface area contributed by atoms with Gasteiger partial charge in [-0.1, -0.05) is 70.0 Å². The Balaban J connectivity index is 1.96. The summed E-state index contributed by atoms with van der Waals surface area (Å²) in [5, 5.41) is 2.96. The Morgan fingerprint density at radius 3 is 2.29 bits per heavy atom. The Morgan fingerprint density at radius 2 is 1.57 bits per heavy atom. The normalized spacial score (nSPS) is 12.5. The van der Waals surface area contributed by atoms with E-state index in [0.717, 1.165) is 27.8 Å². The van der Waals surface area contributed by atoms with Gasteiger partial charge in [-0.2, -0.15) is 0 Å². The Labute approximate surface area is 136 Å². The second-order valence-corrected chi connectivity index (χ2v) is 6.49. The fraction of sp³-hybridized carbons (Fsp3) is 0.111. The minimum absolute atomic E-state index is 0.158. The lowest BCUT2D eigenvalue weighted by atomic mass is 9.98. The Morgan fingerprint density at radius 1 is 0.905 bits per heavy atom. The monoisotopic (exact) mass is 362 g/mol. The average molecular weight is 364 g/mol. The van der Waals surface area contributed by atoms with Gasteiger partial charge in [0.25, 0.3) is 0 Å². The molecule has 1 atom stereocenters. The molecule has 0 fully saturated rings. The molecule has 0 aromatic heterocycles. The third-order valence-corrected chi connectivity index (χ3v) is 4.72. The number of benzene rings is 3. The topological polar surface area (TPSA) is 0 Å². The summed E-state index contributed by atoms with van der Waals surface area (Å²) in [4.78, 5) is 0.158. The molecule has 0 aliphatic rings. The van der Waals surface area contributed by atoms with E-state index in [1.807, 2.05) is 42.5 Å². The number of alkyl halides is 1. The predicted octanol–water partition coefficient (Wildman–Crippen LogP) is 6.31. The Kier molecular flexibility index (Phi) is 4.27. The second-order valence-electron chi connectivity index (χ2n) is 4.98. The van der Waals surface area contributed by atoms with Crippen molar-refractivity contribution in [2.24, 2.45) is 0 Å². The molecule has 21 heavy (non-hydrogen) atoms. The minimum atomic E-state index is -0.207. The molecule has 0 heterocycles. The quantitative estimate of drug-likeness (QED) is 0.478. The Hall–Kier alpha value is -1.38. The summed E-state index contributed by atoms with van der Waals surface area (Å²) < 4.78 is 13.0. The van der Waals surface area contributed by atoms with Crippen LogP contribution in [-0.2, 0) is 6.42 Å². The van der Waals surface area contributed by atoms with Crippen LogP contribution in [0.25, 0.3) is 10.8 Å². The summed E-state index contributed by atoms with van der Waals surface area (Å²) in [6.45, 7) is 0. The summed E-state index contributed by atoms with van der Waals surface area (Å²) in [6.07, 6.45) is 0.798. The van der Waals surface area contributed by atoms with Crippen molar-refractivity contribution in [3.63, 3.8) is 0 Å². The van der Waals surface area contributed by atoms with Crippen LogP contribution in [0.3, 0.4) is 0 Å². The van der Waals surface area contributed by atoms with Crippen LogP contribution < -0.4 is 0 Å². The number of fused-ring (bicyclic) bond motifs is 1. The third kappa shape index (κ3) is 3.12. The van der Waals surface area contributed by atoms with Crippen LogP contribution in [0, 0.1) is 5.82 Å². The smallest absolute Gasteiger partial charge is 0.123 e. The molecule has 0 amide bonds. The first kappa shape index (κ1) is 14.6. The summed E-state index contributed by atoms with van der Waals surface area (Å²) in [6, 6.07) is 18.7. The van der Waals surface area contributed by atoms with Gasteiger partial charge in [-0.3, -0.25) is 0 Å². The highest BCUT2D eigenvalue weighted by atomic mass is 79.9. The third-order valence-electron chi connectivity index (χ3n) is 3.57. The zero-order valence-electron chi connectivity index (χ0n) is 11.2. The maximum absolute atomic E-state index is 13.0. The molecule has 0 aliphatic carbocycles. The molecule has 0 aliphatic heterocycles. The van der Waals surface area contributed by atoms with Crippen LogP contribution in [0.5, 0.6) is 0 Å². The van der Waals surface area contributed by atoms with E-state index in [4.69, 9.17) is 11.6 Å². The van der Waals surface area contributed by atoms with Gasteiger partial charge in [0.15, 0.2) is 0 Å². The molecule has 3 aromatic carbocycles. The van der Waals surface area contributed by atoms with Gasteiger partial charge in [0, 0.05) is 15.2 Å². The molecular weight excluding hydrogens is 351 g/mol. The number of hydrogen-bond donors (Lipinski definition) is 0. The number of rotatable bonds is 3. The van der Waals surface area contributed by atoms with Crippen molar-refractivity contribution in [3.05, 3.63) is 82.6 Å². The van der Waals surface area contributed by atoms with E-state index in [1.54, 1.807) is 0 Å². The molecule has 3 aromatic rings. The molecule has 0 saturated heterocycles. The van der Waals surface area contributed by atoms with Gasteiger partial charge in [-0.05, 0) is 41.1 Å². The van der Waals surface area contributed by atoms with Crippen LogP contribution in [0.15, 0.2) is 60.7 Å². The van der Waals surface area contributed by atoms with Crippen molar-refractivity contribution in [2.75, 3.05) is 0 Å². The molecule has 1 unspecified atom stereocenters. The van der Waals surface area contributed by atoms with Crippen molar-refractivity contribution < 1.29 is 4.39 Å². The molecule has 3 heteroatoms. The van der Waals surface area contributed by atoms with Crippen LogP contribution in [-0.4, -0.2) is 0 Å². The molecule has 0 nitrogen and oxygen atoms in total. The van der Waals surface area contributed by atoms with Crippen LogP contribution >= 0.6 is 27.5 Å². The SMILES string of the molecule is Fc1ccc(CC(Br)c2ccc(Cl)c3ccccc23)cc1. The van der Waals surface area contributed by atoms with Crippen LogP contribution in [0.1, 0.15) is 16.0 Å². The van der Waals surface area contributed by atoms with E-state index in [9.17, 15) is 4.39 Å². The van der Waals surface area contributed by atoms with Crippen LogP contribution in [0.4, 0.5) is 4.39 Å². The fourth-order valence-corrected chi connectivity index (χ4v) is 3.50. The molecular formula is C18H13BrClF. The zero-order valence-corrected chi connectivity index (χ0v) is 13.5. The maximum atomic E-state index is 13.0. The van der Waals surface area contributed by atoms with Crippen molar-refractivity contribution in [1.29, 1.82) is 0 Å². The van der Waals surface area contributed by atoms with Gasteiger partial charge in [0.2, 0.25) is 0 Å².